The fourth-order valence-corrected chi connectivity index (χ4v) is 4.57. The van der Waals surface area contributed by atoms with Crippen molar-refractivity contribution in [1.82, 2.24) is 14.8 Å². The van der Waals surface area contributed by atoms with Gasteiger partial charge in [-0.1, -0.05) is 24.3 Å². The molecule has 2 aliphatic heterocycles. The van der Waals surface area contributed by atoms with Crippen LogP contribution in [0.15, 0.2) is 60.9 Å². The van der Waals surface area contributed by atoms with Crippen molar-refractivity contribution in [3.8, 4) is 5.75 Å². The summed E-state index contributed by atoms with van der Waals surface area (Å²) in [6.45, 7) is 2.57. The minimum atomic E-state index is -0.0278. The molecule has 0 saturated carbocycles. The van der Waals surface area contributed by atoms with E-state index in [2.05, 4.69) is 17.1 Å². The van der Waals surface area contributed by atoms with E-state index >= 15 is 0 Å². The smallest absolute Gasteiger partial charge is 0.255 e. The molecule has 2 aliphatic rings. The summed E-state index contributed by atoms with van der Waals surface area (Å²) in [6, 6.07) is 11.5. The maximum absolute atomic E-state index is 13.4. The molecule has 162 valence electrons. The third-order valence-electron chi connectivity index (χ3n) is 6.32. The highest BCUT2D eigenvalue weighted by Crippen LogP contribution is 2.31. The standard InChI is InChI=1S/C25H29N3O3/c1-31-22-8-4-6-19(16-22)18-28-13-3-2-9-23(25(28)30)20-10-14-27(15-11-20)24(29)21-7-5-12-26-17-21/h2-8,12,16-17,20,23H,9-11,13-15,18H2,1H3/t23-/m0/s1. The predicted molar refractivity (Wildman–Crippen MR) is 119 cm³/mol. The minimum absolute atomic E-state index is 0.0262. The molecule has 1 saturated heterocycles. The van der Waals surface area contributed by atoms with Gasteiger partial charge in [0.05, 0.1) is 12.7 Å². The van der Waals surface area contributed by atoms with Crippen molar-refractivity contribution >= 4 is 11.8 Å². The van der Waals surface area contributed by atoms with Crippen molar-refractivity contribution in [1.29, 1.82) is 0 Å². The molecule has 1 fully saturated rings. The van der Waals surface area contributed by atoms with E-state index in [1.807, 2.05) is 34.1 Å². The lowest BCUT2D eigenvalue weighted by atomic mass is 9.81. The number of ether oxygens (including phenoxy) is 1. The number of likely N-dealkylation sites (tertiary alicyclic amines) is 1. The van der Waals surface area contributed by atoms with Crippen LogP contribution in [0.5, 0.6) is 5.75 Å². The summed E-state index contributed by atoms with van der Waals surface area (Å²) in [4.78, 5) is 34.0. The number of hydrogen-bond acceptors (Lipinski definition) is 4. The maximum atomic E-state index is 13.4. The Morgan fingerprint density at radius 2 is 2.00 bits per heavy atom. The molecule has 1 atom stereocenters. The van der Waals surface area contributed by atoms with E-state index in [4.69, 9.17) is 4.74 Å². The van der Waals surface area contributed by atoms with E-state index < -0.39 is 0 Å². The zero-order valence-electron chi connectivity index (χ0n) is 17.9. The van der Waals surface area contributed by atoms with E-state index in [0.717, 1.165) is 30.6 Å². The number of allylic oxidation sites excluding steroid dienone is 1. The number of hydrogen-bond donors (Lipinski definition) is 0. The van der Waals surface area contributed by atoms with Crippen LogP contribution in [0.4, 0.5) is 0 Å². The first-order valence-electron chi connectivity index (χ1n) is 10.9. The normalized spacial score (nSPS) is 19.9. The number of carbonyl (C=O) groups is 2. The zero-order chi connectivity index (χ0) is 21.6. The van der Waals surface area contributed by atoms with E-state index in [0.29, 0.717) is 37.7 Å². The van der Waals surface area contributed by atoms with E-state index in [-0.39, 0.29) is 17.7 Å². The number of benzene rings is 1. The molecule has 2 aromatic rings. The van der Waals surface area contributed by atoms with Gasteiger partial charge in [0.15, 0.2) is 0 Å². The Bertz CT molecular complexity index is 936. The average molecular weight is 420 g/mol. The van der Waals surface area contributed by atoms with E-state index in [1.165, 1.54) is 0 Å². The first-order chi connectivity index (χ1) is 15.2. The second-order valence-electron chi connectivity index (χ2n) is 8.26. The highest BCUT2D eigenvalue weighted by molar-refractivity contribution is 5.94. The lowest BCUT2D eigenvalue weighted by Gasteiger charge is -2.36. The number of carbonyl (C=O) groups excluding carboxylic acids is 2. The topological polar surface area (TPSA) is 62.7 Å². The number of amides is 2. The van der Waals surface area contributed by atoms with Gasteiger partial charge in [-0.15, -0.1) is 0 Å². The second-order valence-corrected chi connectivity index (χ2v) is 8.26. The minimum Gasteiger partial charge on any atom is -0.497 e. The lowest BCUT2D eigenvalue weighted by Crippen LogP contribution is -2.44. The monoisotopic (exact) mass is 419 g/mol. The van der Waals surface area contributed by atoms with Crippen LogP contribution in [0.25, 0.3) is 0 Å². The van der Waals surface area contributed by atoms with Gasteiger partial charge in [-0.25, -0.2) is 0 Å². The molecule has 0 spiro atoms. The van der Waals surface area contributed by atoms with Crippen LogP contribution in [-0.4, -0.2) is 53.3 Å². The fourth-order valence-electron chi connectivity index (χ4n) is 4.57. The summed E-state index contributed by atoms with van der Waals surface area (Å²) in [5.74, 6) is 1.31. The summed E-state index contributed by atoms with van der Waals surface area (Å²) in [6.07, 6.45) is 10.00. The SMILES string of the molecule is COc1cccc(CN2CC=CC[C@@H](C3CCN(C(=O)c4cccnc4)CC3)C2=O)c1. The van der Waals surface area contributed by atoms with Crippen LogP contribution < -0.4 is 4.74 Å². The molecule has 1 aromatic heterocycles. The van der Waals surface area contributed by atoms with Crippen LogP contribution in [-0.2, 0) is 11.3 Å². The summed E-state index contributed by atoms with van der Waals surface area (Å²) in [7, 11) is 1.65. The molecule has 2 amide bonds. The van der Waals surface area contributed by atoms with Gasteiger partial charge in [0.1, 0.15) is 5.75 Å². The van der Waals surface area contributed by atoms with Gasteiger partial charge >= 0.3 is 0 Å². The summed E-state index contributed by atoms with van der Waals surface area (Å²) in [5.41, 5.74) is 1.69. The molecular weight excluding hydrogens is 390 g/mol. The Labute approximate surface area is 183 Å². The van der Waals surface area contributed by atoms with E-state index in [1.54, 1.807) is 31.6 Å². The molecule has 4 rings (SSSR count). The Hall–Kier alpha value is -3.15. The maximum Gasteiger partial charge on any atom is 0.255 e. The first-order valence-corrected chi connectivity index (χ1v) is 10.9. The predicted octanol–water partition coefficient (Wildman–Crippen LogP) is 3.55. The molecule has 0 N–H and O–H groups in total. The van der Waals surface area contributed by atoms with Crippen molar-refractivity contribution < 1.29 is 14.3 Å². The molecule has 6 heteroatoms. The van der Waals surface area contributed by atoms with Gasteiger partial charge in [0, 0.05) is 44.5 Å². The highest BCUT2D eigenvalue weighted by Gasteiger charge is 2.35. The Balaban J connectivity index is 1.39. The van der Waals surface area contributed by atoms with Crippen molar-refractivity contribution in [3.05, 3.63) is 72.1 Å². The van der Waals surface area contributed by atoms with Gasteiger partial charge in [-0.3, -0.25) is 14.6 Å². The summed E-state index contributed by atoms with van der Waals surface area (Å²) in [5, 5.41) is 0. The molecule has 0 aliphatic carbocycles. The number of rotatable bonds is 5. The van der Waals surface area contributed by atoms with Gasteiger partial charge < -0.3 is 14.5 Å². The molecule has 0 bridgehead atoms. The van der Waals surface area contributed by atoms with Crippen molar-refractivity contribution in [2.45, 2.75) is 25.8 Å². The zero-order valence-corrected chi connectivity index (χ0v) is 17.9. The third kappa shape index (κ3) is 4.95. The quantitative estimate of drug-likeness (QED) is 0.696. The largest absolute Gasteiger partial charge is 0.497 e. The van der Waals surface area contributed by atoms with Gasteiger partial charge in [-0.2, -0.15) is 0 Å². The van der Waals surface area contributed by atoms with Crippen LogP contribution >= 0.6 is 0 Å². The molecule has 3 heterocycles. The molecule has 6 nitrogen and oxygen atoms in total. The Kier molecular flexibility index (Phi) is 6.65. The molecule has 0 unspecified atom stereocenters. The van der Waals surface area contributed by atoms with Crippen molar-refractivity contribution in [2.24, 2.45) is 11.8 Å². The second kappa shape index (κ2) is 9.77. The molecular formula is C25H29N3O3. The van der Waals surface area contributed by atoms with Gasteiger partial charge in [-0.05, 0) is 55.0 Å². The lowest BCUT2D eigenvalue weighted by molar-refractivity contribution is -0.137. The van der Waals surface area contributed by atoms with Crippen molar-refractivity contribution in [3.63, 3.8) is 0 Å². The first kappa shape index (κ1) is 21.1. The van der Waals surface area contributed by atoms with Crippen LogP contribution in [0.3, 0.4) is 0 Å². The number of pyridine rings is 1. The fraction of sp³-hybridized carbons (Fsp3) is 0.400. The average Bonchev–Trinajstić information content (AvgIpc) is 3.01. The van der Waals surface area contributed by atoms with Gasteiger partial charge in [0.2, 0.25) is 5.91 Å². The van der Waals surface area contributed by atoms with Crippen LogP contribution in [0.1, 0.15) is 35.2 Å². The van der Waals surface area contributed by atoms with Gasteiger partial charge in [0.25, 0.3) is 5.91 Å². The van der Waals surface area contributed by atoms with Crippen LogP contribution in [0, 0.1) is 11.8 Å². The van der Waals surface area contributed by atoms with E-state index in [9.17, 15) is 9.59 Å². The highest BCUT2D eigenvalue weighted by atomic mass is 16.5. The van der Waals surface area contributed by atoms with Crippen molar-refractivity contribution in [2.75, 3.05) is 26.7 Å². The van der Waals surface area contributed by atoms with Crippen LogP contribution in [0.2, 0.25) is 0 Å². The third-order valence-corrected chi connectivity index (χ3v) is 6.32. The number of aromatic nitrogens is 1. The summed E-state index contributed by atoms with van der Waals surface area (Å²) < 4.78 is 5.32. The molecule has 1 aromatic carbocycles. The Morgan fingerprint density at radius 1 is 1.16 bits per heavy atom. The number of piperidine rings is 1. The number of nitrogens with zero attached hydrogens (tertiary/aromatic N) is 3. The Morgan fingerprint density at radius 3 is 2.74 bits per heavy atom. The number of methoxy groups -OCH3 is 1. The molecule has 31 heavy (non-hydrogen) atoms. The summed E-state index contributed by atoms with van der Waals surface area (Å²) >= 11 is 0. The molecule has 0 radical (unpaired) electrons.